The number of hydrogen-bond acceptors (Lipinski definition) is 2. The monoisotopic (exact) mass is 206 g/mol. The minimum atomic E-state index is -0.196. The summed E-state index contributed by atoms with van der Waals surface area (Å²) in [6.07, 6.45) is 1.50. The predicted octanol–water partition coefficient (Wildman–Crippen LogP) is 1.93. The molecule has 1 saturated heterocycles. The number of benzene rings is 1. The highest BCUT2D eigenvalue weighted by Gasteiger charge is 2.24. The second-order valence-corrected chi connectivity index (χ2v) is 4.32. The van der Waals surface area contributed by atoms with Crippen molar-refractivity contribution in [3.63, 3.8) is 0 Å². The summed E-state index contributed by atoms with van der Waals surface area (Å²) in [5, 5.41) is 9.84. The molecule has 0 unspecified atom stereocenters. The van der Waals surface area contributed by atoms with Gasteiger partial charge < -0.3 is 9.84 Å². The molecule has 2 nitrogen and oxygen atoms in total. The van der Waals surface area contributed by atoms with Crippen LogP contribution in [0.2, 0.25) is 0 Å². The number of ether oxygens (including phenoxy) is 1. The predicted molar refractivity (Wildman–Crippen MR) is 59.8 cm³/mol. The number of aliphatic hydroxyl groups is 1. The van der Waals surface area contributed by atoms with Gasteiger partial charge >= 0.3 is 0 Å². The molecule has 2 heteroatoms. The fourth-order valence-electron chi connectivity index (χ4n) is 2.10. The van der Waals surface area contributed by atoms with Crippen LogP contribution in [-0.2, 0) is 11.2 Å². The zero-order valence-electron chi connectivity index (χ0n) is 9.15. The van der Waals surface area contributed by atoms with Crippen molar-refractivity contribution in [3.8, 4) is 0 Å². The first-order valence-electron chi connectivity index (χ1n) is 5.57. The number of rotatable bonds is 2. The van der Waals surface area contributed by atoms with Crippen LogP contribution in [0.15, 0.2) is 24.3 Å². The second kappa shape index (κ2) is 4.77. The van der Waals surface area contributed by atoms with Crippen LogP contribution < -0.4 is 0 Å². The molecule has 1 aliphatic rings. The van der Waals surface area contributed by atoms with E-state index in [1.165, 1.54) is 11.1 Å². The smallest absolute Gasteiger partial charge is 0.0615 e. The zero-order chi connectivity index (χ0) is 10.7. The first kappa shape index (κ1) is 10.7. The Balaban J connectivity index is 2.04. The molecule has 1 N–H and O–H groups in total. The van der Waals surface area contributed by atoms with Crippen LogP contribution >= 0.6 is 0 Å². The highest BCUT2D eigenvalue weighted by Crippen LogP contribution is 2.21. The van der Waals surface area contributed by atoms with Crippen molar-refractivity contribution >= 4 is 0 Å². The van der Waals surface area contributed by atoms with Crippen LogP contribution in [0.3, 0.4) is 0 Å². The van der Waals surface area contributed by atoms with Gasteiger partial charge in [-0.2, -0.15) is 0 Å². The SMILES string of the molecule is Cc1ccccc1C[C@H]1COCC[C@H]1O. The van der Waals surface area contributed by atoms with Gasteiger partial charge in [0.15, 0.2) is 0 Å². The molecule has 1 heterocycles. The molecule has 1 aromatic rings. The Hall–Kier alpha value is -0.860. The molecular weight excluding hydrogens is 188 g/mol. The van der Waals surface area contributed by atoms with Crippen LogP contribution in [-0.4, -0.2) is 24.4 Å². The van der Waals surface area contributed by atoms with Gasteiger partial charge in [0, 0.05) is 12.5 Å². The van der Waals surface area contributed by atoms with Gasteiger partial charge in [0.1, 0.15) is 0 Å². The van der Waals surface area contributed by atoms with E-state index in [4.69, 9.17) is 4.74 Å². The normalized spacial score (nSPS) is 26.5. The lowest BCUT2D eigenvalue weighted by molar-refractivity contribution is -0.0351. The van der Waals surface area contributed by atoms with E-state index < -0.39 is 0 Å². The molecule has 2 rings (SSSR count). The first-order valence-corrected chi connectivity index (χ1v) is 5.57. The topological polar surface area (TPSA) is 29.5 Å². The summed E-state index contributed by atoms with van der Waals surface area (Å²) in [4.78, 5) is 0. The molecule has 0 aliphatic carbocycles. The highest BCUT2D eigenvalue weighted by atomic mass is 16.5. The van der Waals surface area contributed by atoms with Crippen LogP contribution in [0.5, 0.6) is 0 Å². The summed E-state index contributed by atoms with van der Waals surface area (Å²) in [7, 11) is 0. The molecule has 0 spiro atoms. The van der Waals surface area contributed by atoms with Gasteiger partial charge in [-0.1, -0.05) is 24.3 Å². The Morgan fingerprint density at radius 3 is 2.93 bits per heavy atom. The quantitative estimate of drug-likeness (QED) is 0.801. The van der Waals surface area contributed by atoms with Gasteiger partial charge in [-0.05, 0) is 30.9 Å². The number of hydrogen-bond donors (Lipinski definition) is 1. The lowest BCUT2D eigenvalue weighted by Crippen LogP contribution is -2.33. The molecule has 0 saturated carbocycles. The van der Waals surface area contributed by atoms with E-state index in [0.717, 1.165) is 12.8 Å². The summed E-state index contributed by atoms with van der Waals surface area (Å²) in [6.45, 7) is 3.51. The van der Waals surface area contributed by atoms with Crippen molar-refractivity contribution < 1.29 is 9.84 Å². The molecule has 0 radical (unpaired) electrons. The van der Waals surface area contributed by atoms with Crippen LogP contribution in [0, 0.1) is 12.8 Å². The van der Waals surface area contributed by atoms with Crippen molar-refractivity contribution in [2.45, 2.75) is 25.9 Å². The Labute approximate surface area is 90.9 Å². The Bertz CT molecular complexity index is 322. The van der Waals surface area contributed by atoms with Gasteiger partial charge in [-0.3, -0.25) is 0 Å². The Morgan fingerprint density at radius 2 is 2.20 bits per heavy atom. The molecule has 82 valence electrons. The van der Waals surface area contributed by atoms with Gasteiger partial charge in [-0.15, -0.1) is 0 Å². The van der Waals surface area contributed by atoms with Crippen LogP contribution in [0.25, 0.3) is 0 Å². The van der Waals surface area contributed by atoms with Crippen molar-refractivity contribution in [2.24, 2.45) is 5.92 Å². The molecular formula is C13H18O2. The summed E-state index contributed by atoms with van der Waals surface area (Å²) >= 11 is 0. The van der Waals surface area contributed by atoms with E-state index >= 15 is 0 Å². The van der Waals surface area contributed by atoms with Crippen molar-refractivity contribution in [2.75, 3.05) is 13.2 Å². The third-order valence-electron chi connectivity index (χ3n) is 3.18. The summed E-state index contributed by atoms with van der Waals surface area (Å²) in [6, 6.07) is 8.35. The van der Waals surface area contributed by atoms with Crippen molar-refractivity contribution in [1.82, 2.24) is 0 Å². The van der Waals surface area contributed by atoms with Gasteiger partial charge in [0.05, 0.1) is 12.7 Å². The maximum Gasteiger partial charge on any atom is 0.0615 e. The van der Waals surface area contributed by atoms with Gasteiger partial charge in [0.25, 0.3) is 0 Å². The standard InChI is InChI=1S/C13H18O2/c1-10-4-2-3-5-11(10)8-12-9-15-7-6-13(12)14/h2-5,12-14H,6-9H2,1H3/t12-,13+/m0/s1. The van der Waals surface area contributed by atoms with E-state index in [1.807, 2.05) is 6.07 Å². The molecule has 0 amide bonds. The van der Waals surface area contributed by atoms with Crippen molar-refractivity contribution in [3.05, 3.63) is 35.4 Å². The Morgan fingerprint density at radius 1 is 1.40 bits per heavy atom. The molecule has 2 atom stereocenters. The minimum absolute atomic E-state index is 0.196. The summed E-state index contributed by atoms with van der Waals surface area (Å²) in [5.74, 6) is 0.264. The number of aliphatic hydroxyl groups excluding tert-OH is 1. The second-order valence-electron chi connectivity index (χ2n) is 4.32. The van der Waals surface area contributed by atoms with Gasteiger partial charge in [-0.25, -0.2) is 0 Å². The lowest BCUT2D eigenvalue weighted by Gasteiger charge is -2.28. The molecule has 0 bridgehead atoms. The third kappa shape index (κ3) is 2.58. The van der Waals surface area contributed by atoms with E-state index in [2.05, 4.69) is 25.1 Å². The maximum atomic E-state index is 9.84. The Kier molecular flexibility index (Phi) is 3.39. The van der Waals surface area contributed by atoms with Crippen LogP contribution in [0.4, 0.5) is 0 Å². The highest BCUT2D eigenvalue weighted by molar-refractivity contribution is 5.26. The maximum absolute atomic E-state index is 9.84. The fraction of sp³-hybridized carbons (Fsp3) is 0.538. The third-order valence-corrected chi connectivity index (χ3v) is 3.18. The lowest BCUT2D eigenvalue weighted by atomic mass is 9.90. The van der Waals surface area contributed by atoms with E-state index in [9.17, 15) is 5.11 Å². The van der Waals surface area contributed by atoms with Gasteiger partial charge in [0.2, 0.25) is 0 Å². The number of aryl methyl sites for hydroxylation is 1. The molecule has 1 aromatic carbocycles. The van der Waals surface area contributed by atoms with E-state index in [0.29, 0.717) is 13.2 Å². The largest absolute Gasteiger partial charge is 0.393 e. The molecule has 0 aromatic heterocycles. The minimum Gasteiger partial charge on any atom is -0.393 e. The van der Waals surface area contributed by atoms with Crippen LogP contribution in [0.1, 0.15) is 17.5 Å². The summed E-state index contributed by atoms with van der Waals surface area (Å²) in [5.41, 5.74) is 2.63. The average Bonchev–Trinajstić information content (AvgIpc) is 2.24. The first-order chi connectivity index (χ1) is 7.27. The fourth-order valence-corrected chi connectivity index (χ4v) is 2.10. The van der Waals surface area contributed by atoms with Crippen molar-refractivity contribution in [1.29, 1.82) is 0 Å². The zero-order valence-corrected chi connectivity index (χ0v) is 9.15. The van der Waals surface area contributed by atoms with E-state index in [-0.39, 0.29) is 12.0 Å². The molecule has 1 aliphatic heterocycles. The average molecular weight is 206 g/mol. The molecule has 15 heavy (non-hydrogen) atoms. The van der Waals surface area contributed by atoms with E-state index in [1.54, 1.807) is 0 Å². The summed E-state index contributed by atoms with van der Waals surface area (Å²) < 4.78 is 5.40. The molecule has 1 fully saturated rings.